The molecule has 0 saturated carbocycles. The molecule has 3 heteroatoms. The molecule has 1 fully saturated rings. The Morgan fingerprint density at radius 2 is 2.12 bits per heavy atom. The van der Waals surface area contributed by atoms with Crippen molar-refractivity contribution in [2.75, 3.05) is 26.7 Å². The van der Waals surface area contributed by atoms with Gasteiger partial charge in [0.25, 0.3) is 0 Å². The van der Waals surface area contributed by atoms with Crippen LogP contribution in [-0.4, -0.2) is 31.6 Å². The molecule has 2 unspecified atom stereocenters. The van der Waals surface area contributed by atoms with E-state index in [4.69, 9.17) is 0 Å². The fourth-order valence-electron chi connectivity index (χ4n) is 2.41. The van der Waals surface area contributed by atoms with E-state index in [1.807, 2.05) is 0 Å². The second-order valence-corrected chi connectivity index (χ2v) is 6.01. The summed E-state index contributed by atoms with van der Waals surface area (Å²) in [5, 5.41) is 3.64. The number of nitrogens with zero attached hydrogens (tertiary/aromatic N) is 1. The highest BCUT2D eigenvalue weighted by molar-refractivity contribution is 9.10. The van der Waals surface area contributed by atoms with Gasteiger partial charge in [0.05, 0.1) is 0 Å². The van der Waals surface area contributed by atoms with Gasteiger partial charge < -0.3 is 10.2 Å². The molecule has 1 aromatic carbocycles. The fraction of sp³-hybridized carbons (Fsp3) is 0.571. The highest BCUT2D eigenvalue weighted by Crippen LogP contribution is 2.18. The molecule has 1 saturated heterocycles. The highest BCUT2D eigenvalue weighted by atomic mass is 79.9. The molecule has 0 aliphatic carbocycles. The Hall–Kier alpha value is -0.380. The van der Waals surface area contributed by atoms with E-state index in [-0.39, 0.29) is 0 Å². The zero-order valence-electron chi connectivity index (χ0n) is 10.6. The molecule has 2 nitrogen and oxygen atoms in total. The molecule has 2 atom stereocenters. The number of halogens is 1. The van der Waals surface area contributed by atoms with E-state index >= 15 is 0 Å². The van der Waals surface area contributed by atoms with Crippen molar-refractivity contribution in [3.05, 3.63) is 34.3 Å². The van der Waals surface area contributed by atoms with Gasteiger partial charge in [0.2, 0.25) is 0 Å². The van der Waals surface area contributed by atoms with E-state index < -0.39 is 0 Å². The maximum Gasteiger partial charge on any atom is 0.0291 e. The van der Waals surface area contributed by atoms with Crippen LogP contribution in [-0.2, 0) is 0 Å². The van der Waals surface area contributed by atoms with Crippen LogP contribution in [0.5, 0.6) is 0 Å². The third kappa shape index (κ3) is 3.80. The first kappa shape index (κ1) is 13.1. The number of hydrogen-bond donors (Lipinski definition) is 1. The van der Waals surface area contributed by atoms with Gasteiger partial charge in [-0.25, -0.2) is 0 Å². The Kier molecular flexibility index (Phi) is 4.60. The van der Waals surface area contributed by atoms with Crippen molar-refractivity contribution < 1.29 is 0 Å². The van der Waals surface area contributed by atoms with Gasteiger partial charge in [0.15, 0.2) is 0 Å². The predicted octanol–water partition coefficient (Wildman–Crippen LogP) is 3.05. The van der Waals surface area contributed by atoms with Crippen molar-refractivity contribution in [3.8, 4) is 0 Å². The monoisotopic (exact) mass is 296 g/mol. The van der Waals surface area contributed by atoms with Gasteiger partial charge in [-0.2, -0.15) is 0 Å². The summed E-state index contributed by atoms with van der Waals surface area (Å²) in [6, 6.07) is 9.02. The maximum atomic E-state index is 3.64. The smallest absolute Gasteiger partial charge is 0.0291 e. The Morgan fingerprint density at radius 3 is 2.71 bits per heavy atom. The van der Waals surface area contributed by atoms with Crippen molar-refractivity contribution in [2.45, 2.75) is 19.4 Å². The molecule has 17 heavy (non-hydrogen) atoms. The molecule has 1 aromatic rings. The summed E-state index contributed by atoms with van der Waals surface area (Å²) < 4.78 is 1.14. The van der Waals surface area contributed by atoms with Crippen LogP contribution < -0.4 is 5.32 Å². The second kappa shape index (κ2) is 5.98. The molecule has 0 radical (unpaired) electrons. The standard InChI is InChI=1S/C14H21BrN2/c1-11(13-3-5-14(15)6-4-13)16-9-12-7-8-17(2)10-12/h3-6,11-12,16H,7-10H2,1-2H3. The summed E-state index contributed by atoms with van der Waals surface area (Å²) in [4.78, 5) is 2.41. The number of rotatable bonds is 4. The minimum Gasteiger partial charge on any atom is -0.310 e. The van der Waals surface area contributed by atoms with Crippen LogP contribution in [0.15, 0.2) is 28.7 Å². The Labute approximate surface area is 113 Å². The first-order valence-electron chi connectivity index (χ1n) is 6.32. The number of benzene rings is 1. The van der Waals surface area contributed by atoms with Gasteiger partial charge in [-0.05, 0) is 57.1 Å². The highest BCUT2D eigenvalue weighted by Gasteiger charge is 2.19. The lowest BCUT2D eigenvalue weighted by Gasteiger charge is -2.17. The average molecular weight is 297 g/mol. The van der Waals surface area contributed by atoms with Crippen molar-refractivity contribution in [3.63, 3.8) is 0 Å². The first-order chi connectivity index (χ1) is 8.15. The Bertz CT molecular complexity index is 350. The van der Waals surface area contributed by atoms with Crippen LogP contribution in [0.3, 0.4) is 0 Å². The molecule has 1 aliphatic rings. The van der Waals surface area contributed by atoms with E-state index in [1.165, 1.54) is 25.1 Å². The minimum absolute atomic E-state index is 0.439. The SMILES string of the molecule is CC(NCC1CCN(C)C1)c1ccc(Br)cc1. The van der Waals surface area contributed by atoms with Crippen LogP contribution in [0.1, 0.15) is 24.9 Å². The van der Waals surface area contributed by atoms with Gasteiger partial charge in [-0.3, -0.25) is 0 Å². The Morgan fingerprint density at radius 1 is 1.41 bits per heavy atom. The van der Waals surface area contributed by atoms with E-state index in [0.717, 1.165) is 16.9 Å². The van der Waals surface area contributed by atoms with Gasteiger partial charge in [-0.15, -0.1) is 0 Å². The number of nitrogens with one attached hydrogen (secondary N) is 1. The zero-order valence-corrected chi connectivity index (χ0v) is 12.2. The molecule has 1 heterocycles. The number of likely N-dealkylation sites (tertiary alicyclic amines) is 1. The molecular weight excluding hydrogens is 276 g/mol. The van der Waals surface area contributed by atoms with Gasteiger partial charge in [-0.1, -0.05) is 28.1 Å². The topological polar surface area (TPSA) is 15.3 Å². The third-order valence-corrected chi connectivity index (χ3v) is 4.10. The van der Waals surface area contributed by atoms with E-state index in [2.05, 4.69) is 64.4 Å². The third-order valence-electron chi connectivity index (χ3n) is 3.57. The summed E-state index contributed by atoms with van der Waals surface area (Å²) >= 11 is 3.47. The fourth-order valence-corrected chi connectivity index (χ4v) is 2.67. The van der Waals surface area contributed by atoms with E-state index in [1.54, 1.807) is 0 Å². The molecule has 1 N–H and O–H groups in total. The van der Waals surface area contributed by atoms with Crippen molar-refractivity contribution in [2.24, 2.45) is 5.92 Å². The maximum absolute atomic E-state index is 3.64. The second-order valence-electron chi connectivity index (χ2n) is 5.10. The van der Waals surface area contributed by atoms with Crippen LogP contribution in [0.25, 0.3) is 0 Å². The molecule has 0 spiro atoms. The summed E-state index contributed by atoms with van der Waals surface area (Å²) in [7, 11) is 2.21. The van der Waals surface area contributed by atoms with Crippen LogP contribution in [0, 0.1) is 5.92 Å². The quantitative estimate of drug-likeness (QED) is 0.919. The molecule has 94 valence electrons. The predicted molar refractivity (Wildman–Crippen MR) is 76.2 cm³/mol. The molecule has 2 rings (SSSR count). The minimum atomic E-state index is 0.439. The summed E-state index contributed by atoms with van der Waals surface area (Å²) in [6.45, 7) is 5.85. The summed E-state index contributed by atoms with van der Waals surface area (Å²) in [5.41, 5.74) is 1.36. The van der Waals surface area contributed by atoms with Crippen LogP contribution >= 0.6 is 15.9 Å². The molecule has 1 aliphatic heterocycles. The molecular formula is C14H21BrN2. The van der Waals surface area contributed by atoms with Gasteiger partial charge in [0, 0.05) is 17.1 Å². The normalized spacial score (nSPS) is 22.9. The summed E-state index contributed by atoms with van der Waals surface area (Å²) in [6.07, 6.45) is 1.33. The molecule has 0 bridgehead atoms. The zero-order chi connectivity index (χ0) is 12.3. The molecule has 0 aromatic heterocycles. The van der Waals surface area contributed by atoms with Gasteiger partial charge >= 0.3 is 0 Å². The van der Waals surface area contributed by atoms with Crippen molar-refractivity contribution in [1.82, 2.24) is 10.2 Å². The molecule has 0 amide bonds. The van der Waals surface area contributed by atoms with Crippen molar-refractivity contribution >= 4 is 15.9 Å². The summed E-state index contributed by atoms with van der Waals surface area (Å²) in [5.74, 6) is 0.817. The van der Waals surface area contributed by atoms with Gasteiger partial charge in [0.1, 0.15) is 0 Å². The number of hydrogen-bond acceptors (Lipinski definition) is 2. The largest absolute Gasteiger partial charge is 0.310 e. The lowest BCUT2D eigenvalue weighted by atomic mass is 10.1. The first-order valence-corrected chi connectivity index (χ1v) is 7.12. The Balaban J connectivity index is 1.81. The lowest BCUT2D eigenvalue weighted by molar-refractivity contribution is 0.382. The van der Waals surface area contributed by atoms with Crippen molar-refractivity contribution in [1.29, 1.82) is 0 Å². The van der Waals surface area contributed by atoms with E-state index in [0.29, 0.717) is 6.04 Å². The van der Waals surface area contributed by atoms with Crippen LogP contribution in [0.4, 0.5) is 0 Å². The lowest BCUT2D eigenvalue weighted by Crippen LogP contribution is -2.27. The van der Waals surface area contributed by atoms with E-state index in [9.17, 15) is 0 Å². The van der Waals surface area contributed by atoms with Crippen LogP contribution in [0.2, 0.25) is 0 Å². The average Bonchev–Trinajstić information content (AvgIpc) is 2.73.